The van der Waals surface area contributed by atoms with Crippen LogP contribution in [-0.2, 0) is 14.6 Å². The van der Waals surface area contributed by atoms with Crippen LogP contribution in [0.4, 0.5) is 0 Å². The fourth-order valence-corrected chi connectivity index (χ4v) is 4.00. The SMILES string of the molecule is O=C(C[C@@H]1CCS(=O)(=O)C1)NNC(=S)NC1CC1. The molecule has 6 nitrogen and oxygen atoms in total. The first-order valence-corrected chi connectivity index (χ1v) is 8.23. The maximum atomic E-state index is 11.6. The molecule has 0 unspecified atom stereocenters. The van der Waals surface area contributed by atoms with E-state index in [-0.39, 0.29) is 29.8 Å². The van der Waals surface area contributed by atoms with Gasteiger partial charge in [0.25, 0.3) is 0 Å². The fraction of sp³-hybridized carbons (Fsp3) is 0.800. The predicted octanol–water partition coefficient (Wildman–Crippen LogP) is -0.531. The number of carbonyl (C=O) groups excluding carboxylic acids is 1. The monoisotopic (exact) mass is 291 g/mol. The molecule has 0 aromatic heterocycles. The maximum Gasteiger partial charge on any atom is 0.238 e. The van der Waals surface area contributed by atoms with Crippen LogP contribution in [0.25, 0.3) is 0 Å². The van der Waals surface area contributed by atoms with Crippen LogP contribution >= 0.6 is 12.2 Å². The van der Waals surface area contributed by atoms with Gasteiger partial charge in [0.15, 0.2) is 14.9 Å². The first-order valence-electron chi connectivity index (χ1n) is 6.00. The fourth-order valence-electron chi connectivity index (χ4n) is 1.92. The summed E-state index contributed by atoms with van der Waals surface area (Å²) in [6.45, 7) is 0. The Morgan fingerprint density at radius 1 is 1.22 bits per heavy atom. The number of nitrogens with one attached hydrogen (secondary N) is 3. The van der Waals surface area contributed by atoms with Crippen LogP contribution in [0.1, 0.15) is 25.7 Å². The van der Waals surface area contributed by atoms with Gasteiger partial charge in [-0.3, -0.25) is 15.6 Å². The minimum Gasteiger partial charge on any atom is -0.359 e. The molecule has 0 spiro atoms. The molecule has 102 valence electrons. The molecular weight excluding hydrogens is 274 g/mol. The van der Waals surface area contributed by atoms with E-state index in [9.17, 15) is 13.2 Å². The Morgan fingerprint density at radius 2 is 1.94 bits per heavy atom. The van der Waals surface area contributed by atoms with Crippen molar-refractivity contribution < 1.29 is 13.2 Å². The molecule has 0 radical (unpaired) electrons. The van der Waals surface area contributed by atoms with E-state index in [1.807, 2.05) is 0 Å². The van der Waals surface area contributed by atoms with Gasteiger partial charge < -0.3 is 5.32 Å². The van der Waals surface area contributed by atoms with Crippen LogP contribution in [0.15, 0.2) is 0 Å². The van der Waals surface area contributed by atoms with Crippen molar-refractivity contribution in [1.29, 1.82) is 0 Å². The Balaban J connectivity index is 1.64. The summed E-state index contributed by atoms with van der Waals surface area (Å²) in [6.07, 6.45) is 3.00. The third kappa shape index (κ3) is 4.41. The van der Waals surface area contributed by atoms with Crippen molar-refractivity contribution in [2.24, 2.45) is 5.92 Å². The van der Waals surface area contributed by atoms with E-state index in [0.29, 0.717) is 17.6 Å². The zero-order chi connectivity index (χ0) is 13.2. The van der Waals surface area contributed by atoms with Crippen LogP contribution in [0.2, 0.25) is 0 Å². The topological polar surface area (TPSA) is 87.3 Å². The molecule has 1 atom stereocenters. The largest absolute Gasteiger partial charge is 0.359 e. The summed E-state index contributed by atoms with van der Waals surface area (Å²) in [7, 11) is -2.92. The molecule has 18 heavy (non-hydrogen) atoms. The lowest BCUT2D eigenvalue weighted by atomic mass is 10.1. The molecule has 1 saturated heterocycles. The number of hydrogen-bond acceptors (Lipinski definition) is 4. The summed E-state index contributed by atoms with van der Waals surface area (Å²) in [5.74, 6) is 0.0180. The van der Waals surface area contributed by atoms with Gasteiger partial charge in [-0.15, -0.1) is 0 Å². The van der Waals surface area contributed by atoms with E-state index in [2.05, 4.69) is 16.2 Å². The van der Waals surface area contributed by atoms with E-state index in [1.165, 1.54) is 0 Å². The van der Waals surface area contributed by atoms with Gasteiger partial charge >= 0.3 is 0 Å². The van der Waals surface area contributed by atoms with Crippen molar-refractivity contribution in [1.82, 2.24) is 16.2 Å². The van der Waals surface area contributed by atoms with Gasteiger partial charge in [0.05, 0.1) is 11.5 Å². The molecule has 0 aromatic rings. The molecule has 0 bridgehead atoms. The quantitative estimate of drug-likeness (QED) is 0.479. The van der Waals surface area contributed by atoms with E-state index >= 15 is 0 Å². The third-order valence-corrected chi connectivity index (χ3v) is 5.09. The van der Waals surface area contributed by atoms with Crippen LogP contribution in [0, 0.1) is 5.92 Å². The molecule has 1 aliphatic heterocycles. The van der Waals surface area contributed by atoms with Crippen molar-refractivity contribution >= 4 is 33.1 Å². The Labute approximate surface area is 112 Å². The third-order valence-electron chi connectivity index (χ3n) is 3.03. The average molecular weight is 291 g/mol. The van der Waals surface area contributed by atoms with Crippen molar-refractivity contribution in [2.75, 3.05) is 11.5 Å². The molecular formula is C10H17N3O3S2. The van der Waals surface area contributed by atoms with E-state index < -0.39 is 9.84 Å². The molecule has 3 N–H and O–H groups in total. The first kappa shape index (κ1) is 13.5. The predicted molar refractivity (Wildman–Crippen MR) is 71.4 cm³/mol. The molecule has 2 aliphatic rings. The van der Waals surface area contributed by atoms with Crippen molar-refractivity contribution in [3.8, 4) is 0 Å². The minimum absolute atomic E-state index is 0.0678. The number of hydrazine groups is 1. The molecule has 1 aliphatic carbocycles. The summed E-state index contributed by atoms with van der Waals surface area (Å²) < 4.78 is 22.5. The number of hydrogen-bond donors (Lipinski definition) is 3. The van der Waals surface area contributed by atoms with Crippen molar-refractivity contribution in [2.45, 2.75) is 31.7 Å². The Kier molecular flexibility index (Phi) is 4.06. The van der Waals surface area contributed by atoms with Crippen LogP contribution in [0.5, 0.6) is 0 Å². The molecule has 2 rings (SSSR count). The number of amides is 1. The smallest absolute Gasteiger partial charge is 0.238 e. The van der Waals surface area contributed by atoms with Gasteiger partial charge in [0.1, 0.15) is 0 Å². The lowest BCUT2D eigenvalue weighted by molar-refractivity contribution is -0.122. The normalized spacial score (nSPS) is 25.4. The second-order valence-electron chi connectivity index (χ2n) is 4.89. The Bertz CT molecular complexity index is 445. The maximum absolute atomic E-state index is 11.6. The van der Waals surface area contributed by atoms with E-state index in [0.717, 1.165) is 12.8 Å². The summed E-state index contributed by atoms with van der Waals surface area (Å²) in [6, 6.07) is 0.432. The second-order valence-corrected chi connectivity index (χ2v) is 7.53. The van der Waals surface area contributed by atoms with Gasteiger partial charge in [0, 0.05) is 12.5 Å². The lowest BCUT2D eigenvalue weighted by Gasteiger charge is -2.12. The van der Waals surface area contributed by atoms with Gasteiger partial charge in [-0.1, -0.05) is 0 Å². The van der Waals surface area contributed by atoms with Gasteiger partial charge in [0.2, 0.25) is 5.91 Å². The molecule has 1 heterocycles. The minimum atomic E-state index is -2.92. The van der Waals surface area contributed by atoms with Crippen molar-refractivity contribution in [3.63, 3.8) is 0 Å². The molecule has 8 heteroatoms. The zero-order valence-corrected chi connectivity index (χ0v) is 11.6. The lowest BCUT2D eigenvalue weighted by Crippen LogP contribution is -2.47. The molecule has 2 fully saturated rings. The molecule has 1 saturated carbocycles. The van der Waals surface area contributed by atoms with Gasteiger partial charge in [-0.2, -0.15) is 0 Å². The van der Waals surface area contributed by atoms with E-state index in [4.69, 9.17) is 12.2 Å². The van der Waals surface area contributed by atoms with Gasteiger partial charge in [-0.05, 0) is 37.4 Å². The Morgan fingerprint density at radius 3 is 2.50 bits per heavy atom. The zero-order valence-electron chi connectivity index (χ0n) is 9.94. The average Bonchev–Trinajstić information content (AvgIpc) is 3.01. The number of carbonyl (C=O) groups is 1. The second kappa shape index (κ2) is 5.40. The molecule has 0 aromatic carbocycles. The highest BCUT2D eigenvalue weighted by molar-refractivity contribution is 7.91. The standard InChI is InChI=1S/C10H17N3O3S2/c14-9(5-7-3-4-18(15,16)6-7)12-13-10(17)11-8-1-2-8/h7-8H,1-6H2,(H,12,14)(H2,11,13,17)/t7-/m0/s1. The van der Waals surface area contributed by atoms with E-state index in [1.54, 1.807) is 0 Å². The van der Waals surface area contributed by atoms with Gasteiger partial charge in [-0.25, -0.2) is 8.42 Å². The number of rotatable bonds is 3. The summed E-state index contributed by atoms with van der Waals surface area (Å²) in [5.41, 5.74) is 5.10. The van der Waals surface area contributed by atoms with Crippen LogP contribution in [-0.4, -0.2) is 37.0 Å². The first-order chi connectivity index (χ1) is 8.44. The Hall–Kier alpha value is -0.890. The van der Waals surface area contributed by atoms with Crippen molar-refractivity contribution in [3.05, 3.63) is 0 Å². The highest BCUT2D eigenvalue weighted by atomic mass is 32.2. The molecule has 1 amide bonds. The number of sulfone groups is 1. The summed E-state index contributed by atoms with van der Waals surface area (Å²) in [5, 5.41) is 3.43. The van der Waals surface area contributed by atoms with Crippen LogP contribution < -0.4 is 16.2 Å². The highest BCUT2D eigenvalue weighted by Gasteiger charge is 2.29. The highest BCUT2D eigenvalue weighted by Crippen LogP contribution is 2.21. The summed E-state index contributed by atoms with van der Waals surface area (Å²) in [4.78, 5) is 11.6. The van der Waals surface area contributed by atoms with Crippen LogP contribution in [0.3, 0.4) is 0 Å². The number of thiocarbonyl (C=S) groups is 1. The summed E-state index contributed by atoms with van der Waals surface area (Å²) >= 11 is 4.97.